The highest BCUT2D eigenvalue weighted by molar-refractivity contribution is 6.30. The molecule has 0 radical (unpaired) electrons. The van der Waals surface area contributed by atoms with Gasteiger partial charge in [0.1, 0.15) is 5.76 Å². The zero-order valence-corrected chi connectivity index (χ0v) is 21.0. The molecule has 2 aromatic heterocycles. The van der Waals surface area contributed by atoms with Gasteiger partial charge in [-0.2, -0.15) is 9.49 Å². The van der Waals surface area contributed by atoms with Gasteiger partial charge in [0, 0.05) is 29.9 Å². The first-order valence-corrected chi connectivity index (χ1v) is 12.2. The lowest BCUT2D eigenvalue weighted by Gasteiger charge is -2.32. The summed E-state index contributed by atoms with van der Waals surface area (Å²) >= 11 is 5.92. The van der Waals surface area contributed by atoms with E-state index in [1.165, 1.54) is 13.2 Å². The number of rotatable bonds is 6. The van der Waals surface area contributed by atoms with Gasteiger partial charge in [-0.15, -0.1) is 0 Å². The third kappa shape index (κ3) is 5.12. The number of nitrogens with one attached hydrogen (secondary N) is 1. The summed E-state index contributed by atoms with van der Waals surface area (Å²) in [5, 5.41) is 7.76. The number of piperidine rings is 1. The average molecular weight is 541 g/mol. The maximum Gasteiger partial charge on any atom is 0.291 e. The second-order valence-corrected chi connectivity index (χ2v) is 9.24. The molecule has 0 saturated carbocycles. The van der Waals surface area contributed by atoms with Crippen LogP contribution >= 0.6 is 11.6 Å². The van der Waals surface area contributed by atoms with Gasteiger partial charge in [-0.3, -0.25) is 14.3 Å². The van der Waals surface area contributed by atoms with Crippen molar-refractivity contribution in [2.75, 3.05) is 25.5 Å². The molecule has 1 saturated heterocycles. The number of anilines is 1. The fourth-order valence-electron chi connectivity index (χ4n) is 4.43. The Bertz CT molecular complexity index is 1480. The van der Waals surface area contributed by atoms with Crippen molar-refractivity contribution in [1.82, 2.24) is 14.7 Å². The predicted octanol–water partition coefficient (Wildman–Crippen LogP) is 5.81. The Morgan fingerprint density at radius 2 is 1.82 bits per heavy atom. The number of benzene rings is 2. The molecule has 0 atom stereocenters. The number of methoxy groups -OCH3 is 1. The maximum atomic E-state index is 14.0. The molecule has 1 N–H and O–H groups in total. The number of halogens is 3. The Balaban J connectivity index is 1.19. The zero-order chi connectivity index (χ0) is 26.8. The molecule has 0 spiro atoms. The van der Waals surface area contributed by atoms with Crippen molar-refractivity contribution in [3.63, 3.8) is 0 Å². The highest BCUT2D eigenvalue weighted by Gasteiger charge is 2.28. The summed E-state index contributed by atoms with van der Waals surface area (Å²) in [5.41, 5.74) is 1.28. The van der Waals surface area contributed by atoms with Crippen molar-refractivity contribution in [3.05, 3.63) is 88.9 Å². The summed E-state index contributed by atoms with van der Waals surface area (Å²) in [6, 6.07) is 12.5. The average Bonchev–Trinajstić information content (AvgIpc) is 3.61. The molecule has 1 aliphatic heterocycles. The maximum absolute atomic E-state index is 14.0. The van der Waals surface area contributed by atoms with E-state index < -0.39 is 29.2 Å². The summed E-state index contributed by atoms with van der Waals surface area (Å²) < 4.78 is 39.9. The lowest BCUT2D eigenvalue weighted by atomic mass is 10.0. The van der Waals surface area contributed by atoms with Gasteiger partial charge in [0.2, 0.25) is 5.82 Å². The van der Waals surface area contributed by atoms with E-state index in [4.69, 9.17) is 20.8 Å². The topological polar surface area (TPSA) is 89.6 Å². The first kappa shape index (κ1) is 25.5. The molecule has 0 unspecified atom stereocenters. The van der Waals surface area contributed by atoms with Crippen LogP contribution in [0.2, 0.25) is 5.02 Å². The summed E-state index contributed by atoms with van der Waals surface area (Å²) in [6.07, 6.45) is 4.46. The molecule has 11 heteroatoms. The molecule has 3 heterocycles. The predicted molar refractivity (Wildman–Crippen MR) is 136 cm³/mol. The van der Waals surface area contributed by atoms with Gasteiger partial charge in [-0.1, -0.05) is 11.6 Å². The first-order chi connectivity index (χ1) is 18.3. The van der Waals surface area contributed by atoms with Gasteiger partial charge >= 0.3 is 0 Å². The van der Waals surface area contributed by atoms with Crippen molar-refractivity contribution >= 4 is 29.1 Å². The third-order valence-corrected chi connectivity index (χ3v) is 6.68. The Kier molecular flexibility index (Phi) is 7.15. The molecule has 5 rings (SSSR count). The van der Waals surface area contributed by atoms with Gasteiger partial charge in [0.05, 0.1) is 30.6 Å². The van der Waals surface area contributed by atoms with Crippen LogP contribution in [0.4, 0.5) is 14.5 Å². The van der Waals surface area contributed by atoms with E-state index >= 15 is 0 Å². The number of hydrogen-bond acceptors (Lipinski definition) is 5. The lowest BCUT2D eigenvalue weighted by molar-refractivity contribution is 0.0685. The van der Waals surface area contributed by atoms with Crippen LogP contribution in [-0.2, 0) is 0 Å². The molecular formula is C27H23ClF2N4O4. The van der Waals surface area contributed by atoms with Crippen LogP contribution in [-0.4, -0.2) is 46.7 Å². The van der Waals surface area contributed by atoms with Crippen LogP contribution in [0.25, 0.3) is 11.3 Å². The minimum Gasteiger partial charge on any atom is -0.493 e. The number of amides is 2. The third-order valence-electron chi connectivity index (χ3n) is 6.43. The number of aromatic nitrogens is 2. The van der Waals surface area contributed by atoms with Crippen LogP contribution in [0.15, 0.2) is 65.3 Å². The van der Waals surface area contributed by atoms with Crippen molar-refractivity contribution in [2.24, 2.45) is 0 Å². The van der Waals surface area contributed by atoms with Gasteiger partial charge in [0.25, 0.3) is 11.8 Å². The van der Waals surface area contributed by atoms with Gasteiger partial charge in [0.15, 0.2) is 17.3 Å². The largest absolute Gasteiger partial charge is 0.493 e. The van der Waals surface area contributed by atoms with Crippen LogP contribution in [0, 0.1) is 11.6 Å². The summed E-state index contributed by atoms with van der Waals surface area (Å²) in [5.74, 6) is -2.80. The Morgan fingerprint density at radius 1 is 1.08 bits per heavy atom. The molecule has 1 aliphatic rings. The number of hydrogen-bond donors (Lipinski definition) is 1. The van der Waals surface area contributed by atoms with E-state index in [1.54, 1.807) is 58.4 Å². The van der Waals surface area contributed by atoms with E-state index in [0.29, 0.717) is 42.4 Å². The first-order valence-electron chi connectivity index (χ1n) is 11.9. The van der Waals surface area contributed by atoms with E-state index in [0.717, 1.165) is 11.6 Å². The second kappa shape index (κ2) is 10.7. The fraction of sp³-hybridized carbons (Fsp3) is 0.222. The monoisotopic (exact) mass is 540 g/mol. The summed E-state index contributed by atoms with van der Waals surface area (Å²) in [6.45, 7) is 0.792. The van der Waals surface area contributed by atoms with Gasteiger partial charge in [-0.25, -0.2) is 4.39 Å². The van der Waals surface area contributed by atoms with Crippen LogP contribution < -0.4 is 10.1 Å². The number of ether oxygens (including phenoxy) is 1. The number of likely N-dealkylation sites (tertiary alicyclic amines) is 1. The minimum absolute atomic E-state index is 0.00308. The lowest BCUT2D eigenvalue weighted by Crippen LogP contribution is -2.39. The molecule has 38 heavy (non-hydrogen) atoms. The van der Waals surface area contributed by atoms with Gasteiger partial charge < -0.3 is 19.4 Å². The molecule has 0 aliphatic carbocycles. The Morgan fingerprint density at radius 3 is 2.53 bits per heavy atom. The normalized spacial score (nSPS) is 13.9. The molecular weight excluding hydrogens is 518 g/mol. The van der Waals surface area contributed by atoms with Crippen LogP contribution in [0.3, 0.4) is 0 Å². The van der Waals surface area contributed by atoms with Crippen molar-refractivity contribution in [1.29, 1.82) is 0 Å². The highest BCUT2D eigenvalue weighted by Crippen LogP contribution is 2.29. The quantitative estimate of drug-likeness (QED) is 0.333. The standard InChI is InChI=1S/C27H23ClF2N4O4/c1-37-25-20(6-7-21(29)24(25)30)27(36)33-12-10-19(11-13-33)34-15-18(14-31-34)32-26(35)23-9-8-22(38-23)16-2-4-17(28)5-3-16/h2-9,14-15,19H,10-13H2,1H3,(H,32,35). The summed E-state index contributed by atoms with van der Waals surface area (Å²) in [7, 11) is 1.19. The molecule has 4 aromatic rings. The molecule has 0 bridgehead atoms. The van der Waals surface area contributed by atoms with E-state index in [-0.39, 0.29) is 17.4 Å². The number of nitrogens with zero attached hydrogens (tertiary/aromatic N) is 3. The van der Waals surface area contributed by atoms with E-state index in [1.807, 2.05) is 0 Å². The smallest absolute Gasteiger partial charge is 0.291 e. The SMILES string of the molecule is COc1c(C(=O)N2CCC(n3cc(NC(=O)c4ccc(-c5ccc(Cl)cc5)o4)cn3)CC2)ccc(F)c1F. The van der Waals surface area contributed by atoms with Crippen LogP contribution in [0.5, 0.6) is 5.75 Å². The van der Waals surface area contributed by atoms with Gasteiger partial charge in [-0.05, 0) is 61.4 Å². The number of carbonyl (C=O) groups excluding carboxylic acids is 2. The Hall–Kier alpha value is -4.18. The van der Waals surface area contributed by atoms with Crippen molar-refractivity contribution < 1.29 is 27.5 Å². The van der Waals surface area contributed by atoms with Crippen molar-refractivity contribution in [2.45, 2.75) is 18.9 Å². The fourth-order valence-corrected chi connectivity index (χ4v) is 4.55. The molecule has 1 fully saturated rings. The zero-order valence-electron chi connectivity index (χ0n) is 20.3. The second-order valence-electron chi connectivity index (χ2n) is 8.80. The Labute approximate surface area is 221 Å². The molecule has 2 aromatic carbocycles. The van der Waals surface area contributed by atoms with E-state index in [9.17, 15) is 18.4 Å². The molecule has 8 nitrogen and oxygen atoms in total. The highest BCUT2D eigenvalue weighted by atomic mass is 35.5. The number of furan rings is 1. The minimum atomic E-state index is -1.19. The molecule has 196 valence electrons. The number of carbonyl (C=O) groups is 2. The van der Waals surface area contributed by atoms with Crippen LogP contribution in [0.1, 0.15) is 39.8 Å². The van der Waals surface area contributed by atoms with E-state index in [2.05, 4.69) is 10.4 Å². The van der Waals surface area contributed by atoms with Crippen molar-refractivity contribution in [3.8, 4) is 17.1 Å². The summed E-state index contributed by atoms with van der Waals surface area (Å²) in [4.78, 5) is 27.2. The molecule has 2 amide bonds.